The Hall–Kier alpha value is -0.500. The molecular weight excluding hydrogens is 478 g/mol. The third kappa shape index (κ3) is 2.90. The molecule has 0 saturated heterocycles. The van der Waals surface area contributed by atoms with E-state index in [-0.39, 0.29) is 18.3 Å². The highest BCUT2D eigenvalue weighted by molar-refractivity contribution is 14.1. The van der Waals surface area contributed by atoms with Gasteiger partial charge < -0.3 is 10.2 Å². The van der Waals surface area contributed by atoms with Gasteiger partial charge >= 0.3 is 0 Å². The molecule has 0 aliphatic rings. The van der Waals surface area contributed by atoms with E-state index in [1.807, 2.05) is 24.3 Å². The van der Waals surface area contributed by atoms with E-state index in [1.165, 1.54) is 0 Å². The molecule has 2 N–H and O–H groups in total. The zero-order chi connectivity index (χ0) is 15.0. The van der Waals surface area contributed by atoms with Gasteiger partial charge in [-0.1, -0.05) is 69.4 Å². The molecule has 4 heteroatoms. The first-order valence-electron chi connectivity index (χ1n) is 6.22. The summed E-state index contributed by atoms with van der Waals surface area (Å²) in [6, 6.07) is 14.7. The molecule has 0 atom stereocenters. The second-order valence-electron chi connectivity index (χ2n) is 5.22. The number of hydrogen-bond acceptors (Lipinski definition) is 2. The van der Waals surface area contributed by atoms with Gasteiger partial charge in [0.05, 0.1) is 3.42 Å². The van der Waals surface area contributed by atoms with Crippen LogP contribution in [0.2, 0.25) is 0 Å². The second-order valence-corrected chi connectivity index (χ2v) is 9.54. The Morgan fingerprint density at radius 2 is 1.00 bits per heavy atom. The molecule has 0 radical (unpaired) electrons. The maximum absolute atomic E-state index is 9.49. The molecular formula is C16H16I2O2. The van der Waals surface area contributed by atoms with Crippen LogP contribution >= 0.6 is 45.2 Å². The zero-order valence-corrected chi connectivity index (χ0v) is 15.6. The highest BCUT2D eigenvalue weighted by Gasteiger charge is 2.44. The Balaban J connectivity index is 2.62. The lowest BCUT2D eigenvalue weighted by atomic mass is 9.82. The van der Waals surface area contributed by atoms with Crippen LogP contribution in [0.4, 0.5) is 0 Å². The van der Waals surface area contributed by atoms with Crippen molar-refractivity contribution in [3.05, 3.63) is 59.7 Å². The van der Waals surface area contributed by atoms with Gasteiger partial charge in [-0.25, -0.2) is 0 Å². The molecule has 2 rings (SSSR count). The van der Waals surface area contributed by atoms with Gasteiger partial charge in [0.1, 0.15) is 11.5 Å². The molecule has 2 nitrogen and oxygen atoms in total. The number of hydrogen-bond donors (Lipinski definition) is 2. The normalized spacial score (nSPS) is 12.4. The minimum atomic E-state index is -0.257. The van der Waals surface area contributed by atoms with Crippen LogP contribution in [0.1, 0.15) is 25.0 Å². The number of rotatable bonds is 3. The number of benzene rings is 2. The Bertz CT molecular complexity index is 538. The quantitative estimate of drug-likeness (QED) is 0.467. The van der Waals surface area contributed by atoms with E-state index in [2.05, 4.69) is 59.0 Å². The van der Waals surface area contributed by atoms with E-state index in [0.29, 0.717) is 0 Å². The lowest BCUT2D eigenvalue weighted by Gasteiger charge is -2.39. The number of phenolic OH excluding ortho intramolecular Hbond substituents is 2. The standard InChI is InChI=1S/C16H16I2O2/c1-15(2,17)16(18,11-3-7-13(19)8-4-11)12-5-9-14(20)10-6-12/h3-10,19-20H,1-2H3. The summed E-state index contributed by atoms with van der Waals surface area (Å²) in [5.74, 6) is 0.536. The number of halogens is 2. The number of phenols is 2. The van der Waals surface area contributed by atoms with Crippen molar-refractivity contribution >= 4 is 45.2 Å². The average Bonchev–Trinajstić information content (AvgIpc) is 2.38. The highest BCUT2D eigenvalue weighted by atomic mass is 127. The van der Waals surface area contributed by atoms with Crippen molar-refractivity contribution in [1.82, 2.24) is 0 Å². The van der Waals surface area contributed by atoms with Gasteiger partial charge in [-0.05, 0) is 49.2 Å². The van der Waals surface area contributed by atoms with E-state index in [1.54, 1.807) is 24.3 Å². The number of aromatic hydroxyl groups is 2. The first-order valence-corrected chi connectivity index (χ1v) is 8.38. The summed E-state index contributed by atoms with van der Waals surface area (Å²) in [4.78, 5) is 0. The van der Waals surface area contributed by atoms with E-state index in [4.69, 9.17) is 0 Å². The summed E-state index contributed by atoms with van der Waals surface area (Å²) in [5, 5.41) is 19.0. The Morgan fingerprint density at radius 3 is 1.25 bits per heavy atom. The molecule has 0 amide bonds. The Labute approximate surface area is 146 Å². The predicted molar refractivity (Wildman–Crippen MR) is 99.1 cm³/mol. The zero-order valence-electron chi connectivity index (χ0n) is 11.3. The van der Waals surface area contributed by atoms with Crippen LogP contribution in [0.15, 0.2) is 48.5 Å². The summed E-state index contributed by atoms with van der Waals surface area (Å²) in [5.41, 5.74) is 2.25. The van der Waals surface area contributed by atoms with Gasteiger partial charge in [0.25, 0.3) is 0 Å². The highest BCUT2D eigenvalue weighted by Crippen LogP contribution is 2.52. The number of alkyl halides is 2. The third-order valence-electron chi connectivity index (χ3n) is 3.35. The maximum Gasteiger partial charge on any atom is 0.115 e. The van der Waals surface area contributed by atoms with E-state index < -0.39 is 0 Å². The molecule has 106 valence electrons. The molecule has 2 aromatic rings. The van der Waals surface area contributed by atoms with Crippen molar-refractivity contribution in [2.75, 3.05) is 0 Å². The molecule has 0 spiro atoms. The van der Waals surface area contributed by atoms with Gasteiger partial charge in [0, 0.05) is 3.42 Å². The van der Waals surface area contributed by atoms with Crippen molar-refractivity contribution < 1.29 is 10.2 Å². The molecule has 0 aromatic heterocycles. The summed E-state index contributed by atoms with van der Waals surface area (Å²) < 4.78 is -0.314. The van der Waals surface area contributed by atoms with Crippen molar-refractivity contribution in [1.29, 1.82) is 0 Å². The first-order chi connectivity index (χ1) is 9.25. The maximum atomic E-state index is 9.49. The molecule has 2 aromatic carbocycles. The average molecular weight is 494 g/mol. The lowest BCUT2D eigenvalue weighted by Crippen LogP contribution is -2.38. The minimum absolute atomic E-state index is 0.0563. The summed E-state index contributed by atoms with van der Waals surface area (Å²) in [7, 11) is 0. The fraction of sp³-hybridized carbons (Fsp3) is 0.250. The van der Waals surface area contributed by atoms with Crippen LogP contribution < -0.4 is 0 Å². The van der Waals surface area contributed by atoms with Gasteiger partial charge in [-0.2, -0.15) is 0 Å². The molecule has 0 unspecified atom stereocenters. The van der Waals surface area contributed by atoms with Crippen LogP contribution in [-0.2, 0) is 3.42 Å². The van der Waals surface area contributed by atoms with E-state index >= 15 is 0 Å². The van der Waals surface area contributed by atoms with Crippen molar-refractivity contribution in [3.63, 3.8) is 0 Å². The lowest BCUT2D eigenvalue weighted by molar-refractivity contribution is 0.474. The van der Waals surface area contributed by atoms with Crippen LogP contribution in [0.5, 0.6) is 11.5 Å². The molecule has 0 saturated carbocycles. The van der Waals surface area contributed by atoms with Crippen molar-refractivity contribution in [3.8, 4) is 11.5 Å². The summed E-state index contributed by atoms with van der Waals surface area (Å²) in [6.45, 7) is 4.36. The molecule has 20 heavy (non-hydrogen) atoms. The van der Waals surface area contributed by atoms with Crippen molar-refractivity contribution in [2.45, 2.75) is 20.7 Å². The predicted octanol–water partition coefficient (Wildman–Crippen LogP) is 4.99. The van der Waals surface area contributed by atoms with Gasteiger partial charge in [0.15, 0.2) is 0 Å². The Kier molecular flexibility index (Phi) is 4.53. The SMILES string of the molecule is CC(C)(I)C(I)(c1ccc(O)cc1)c1ccc(O)cc1. The Morgan fingerprint density at radius 1 is 0.700 bits per heavy atom. The van der Waals surface area contributed by atoms with Crippen LogP contribution in [0.25, 0.3) is 0 Å². The van der Waals surface area contributed by atoms with Gasteiger partial charge in [0.2, 0.25) is 0 Å². The van der Waals surface area contributed by atoms with Crippen LogP contribution in [0, 0.1) is 0 Å². The van der Waals surface area contributed by atoms with Crippen LogP contribution in [0.3, 0.4) is 0 Å². The molecule has 0 fully saturated rings. The molecule has 0 aliphatic heterocycles. The fourth-order valence-electron chi connectivity index (χ4n) is 2.24. The van der Waals surface area contributed by atoms with Gasteiger partial charge in [-0.15, -0.1) is 0 Å². The van der Waals surface area contributed by atoms with Gasteiger partial charge in [-0.3, -0.25) is 0 Å². The minimum Gasteiger partial charge on any atom is -0.508 e. The third-order valence-corrected chi connectivity index (χ3v) is 7.78. The fourth-order valence-corrected chi connectivity index (χ4v) is 3.58. The molecule has 0 aliphatic carbocycles. The largest absolute Gasteiger partial charge is 0.508 e. The van der Waals surface area contributed by atoms with E-state index in [9.17, 15) is 10.2 Å². The van der Waals surface area contributed by atoms with Crippen molar-refractivity contribution in [2.24, 2.45) is 0 Å². The monoisotopic (exact) mass is 494 g/mol. The second kappa shape index (κ2) is 5.71. The van der Waals surface area contributed by atoms with E-state index in [0.717, 1.165) is 11.1 Å². The molecule has 0 heterocycles. The first kappa shape index (κ1) is 15.9. The smallest absolute Gasteiger partial charge is 0.115 e. The summed E-state index contributed by atoms with van der Waals surface area (Å²) >= 11 is 4.91. The topological polar surface area (TPSA) is 40.5 Å². The van der Waals surface area contributed by atoms with Crippen LogP contribution in [-0.4, -0.2) is 13.6 Å². The molecule has 0 bridgehead atoms. The summed E-state index contributed by atoms with van der Waals surface area (Å²) in [6.07, 6.45) is 0.